The summed E-state index contributed by atoms with van der Waals surface area (Å²) < 4.78 is 16.1. The summed E-state index contributed by atoms with van der Waals surface area (Å²) in [6.07, 6.45) is 3.93. The van der Waals surface area contributed by atoms with E-state index in [1.807, 2.05) is 54.2 Å². The molecule has 0 atom stereocenters. The van der Waals surface area contributed by atoms with Gasteiger partial charge in [-0.2, -0.15) is 4.57 Å². The molecule has 0 aliphatic carbocycles. The third kappa shape index (κ3) is 4.30. The number of nitrogens with zero attached hydrogens (tertiary/aromatic N) is 1. The topological polar surface area (TPSA) is 47.0 Å². The summed E-state index contributed by atoms with van der Waals surface area (Å²) in [5.74, 6) is 0.315. The minimum atomic E-state index is -0.254. The zero-order chi connectivity index (χ0) is 21.1. The van der Waals surface area contributed by atoms with E-state index in [4.69, 9.17) is 5.73 Å². The van der Waals surface area contributed by atoms with Crippen molar-refractivity contribution in [1.29, 1.82) is 0 Å². The number of thioether (sulfide) groups is 1. The van der Waals surface area contributed by atoms with Crippen LogP contribution < -0.4 is 10.3 Å². The number of rotatable bonds is 6. The molecule has 0 fully saturated rings. The molecule has 150 valence electrons. The number of hydrogen-bond acceptors (Lipinski definition) is 4. The summed E-state index contributed by atoms with van der Waals surface area (Å²) in [4.78, 5) is 13.6. The maximum atomic E-state index is 13.2. The number of aromatic nitrogens is 1. The van der Waals surface area contributed by atoms with Crippen molar-refractivity contribution in [3.63, 3.8) is 0 Å². The van der Waals surface area contributed by atoms with E-state index in [1.165, 1.54) is 23.5 Å². The van der Waals surface area contributed by atoms with E-state index >= 15 is 0 Å². The first kappa shape index (κ1) is 20.3. The molecule has 2 heterocycles. The fourth-order valence-electron chi connectivity index (χ4n) is 3.11. The average molecular weight is 436 g/mol. The van der Waals surface area contributed by atoms with Gasteiger partial charge < -0.3 is 5.73 Å². The molecule has 2 aromatic carbocycles. The molecule has 4 rings (SSSR count). The maximum Gasteiger partial charge on any atom is 0.259 e. The molecule has 0 aliphatic heterocycles. The first-order chi connectivity index (χ1) is 14.5. The molecule has 0 spiro atoms. The summed E-state index contributed by atoms with van der Waals surface area (Å²) in [7, 11) is 0. The van der Waals surface area contributed by atoms with Crippen LogP contribution >= 0.6 is 23.1 Å². The largest absolute Gasteiger partial charge is 0.392 e. The Kier molecular flexibility index (Phi) is 5.97. The van der Waals surface area contributed by atoms with Crippen LogP contribution in [-0.4, -0.2) is 5.78 Å². The number of halogens is 1. The second-order valence-electron chi connectivity index (χ2n) is 6.88. The molecule has 0 unspecified atom stereocenters. The molecule has 3 nitrogen and oxygen atoms in total. The van der Waals surface area contributed by atoms with Gasteiger partial charge in [0, 0.05) is 22.9 Å². The third-order valence-corrected chi connectivity index (χ3v) is 7.14. The minimum absolute atomic E-state index is 0.0822. The van der Waals surface area contributed by atoms with Crippen molar-refractivity contribution < 1.29 is 13.8 Å². The summed E-state index contributed by atoms with van der Waals surface area (Å²) in [5.41, 5.74) is 10.5. The quantitative estimate of drug-likeness (QED) is 0.244. The number of carbonyl (C=O) groups excluding carboxylic acids is 1. The van der Waals surface area contributed by atoms with Crippen LogP contribution in [0.4, 0.5) is 10.1 Å². The van der Waals surface area contributed by atoms with Crippen LogP contribution in [0.5, 0.6) is 0 Å². The molecule has 0 bridgehead atoms. The van der Waals surface area contributed by atoms with Crippen LogP contribution in [0.2, 0.25) is 0 Å². The highest BCUT2D eigenvalue weighted by Gasteiger charge is 2.28. The third-order valence-electron chi connectivity index (χ3n) is 4.62. The molecule has 0 saturated carbocycles. The number of anilines is 1. The number of ketones is 1. The van der Waals surface area contributed by atoms with Crippen LogP contribution in [0.25, 0.3) is 5.69 Å². The van der Waals surface area contributed by atoms with Gasteiger partial charge in [-0.3, -0.25) is 4.79 Å². The lowest BCUT2D eigenvalue weighted by atomic mass is 10.1. The van der Waals surface area contributed by atoms with Crippen LogP contribution in [0.15, 0.2) is 83.3 Å². The number of hydrogen-bond donors (Lipinski definition) is 1. The van der Waals surface area contributed by atoms with Gasteiger partial charge in [0.2, 0.25) is 5.78 Å². The predicted molar refractivity (Wildman–Crippen MR) is 121 cm³/mol. The van der Waals surface area contributed by atoms with E-state index < -0.39 is 0 Å². The Morgan fingerprint density at radius 2 is 1.80 bits per heavy atom. The fourth-order valence-corrected chi connectivity index (χ4v) is 5.53. The molecule has 2 aromatic heterocycles. The molecule has 0 saturated heterocycles. The molecule has 2 N–H and O–H groups in total. The summed E-state index contributed by atoms with van der Waals surface area (Å²) in [6, 6.07) is 19.6. The zero-order valence-electron chi connectivity index (χ0n) is 16.3. The minimum Gasteiger partial charge on any atom is -0.392 e. The standard InChI is InChI=1S/C24H19FN2OS2/c1-16-6-5-13-27(14-16)21-20(26)23(22(28)18-7-3-2-4-8-18)30-24(21)29-15-17-9-11-19(25)12-10-17/h2-14H,15H2,1H3,(H-,26,28)/p+1. The van der Waals surface area contributed by atoms with Crippen molar-refractivity contribution in [2.45, 2.75) is 16.9 Å². The van der Waals surface area contributed by atoms with Crippen LogP contribution in [0.1, 0.15) is 26.4 Å². The van der Waals surface area contributed by atoms with Crippen LogP contribution in [0.3, 0.4) is 0 Å². The SMILES string of the molecule is Cc1ccc[n+](-c2c(SCc3ccc(F)cc3)sc(C(=O)c3ccccc3)c2N)c1. The number of pyridine rings is 1. The zero-order valence-corrected chi connectivity index (χ0v) is 18.0. The molecule has 6 heteroatoms. The first-order valence-corrected chi connectivity index (χ1v) is 11.2. The van der Waals surface area contributed by atoms with Gasteiger partial charge in [-0.1, -0.05) is 42.5 Å². The smallest absolute Gasteiger partial charge is 0.259 e. The number of nitrogen functional groups attached to an aromatic ring is 1. The highest BCUT2D eigenvalue weighted by atomic mass is 32.2. The number of carbonyl (C=O) groups is 1. The number of aryl methyl sites for hydroxylation is 1. The number of nitrogens with two attached hydrogens (primary N) is 1. The highest BCUT2D eigenvalue weighted by molar-refractivity contribution is 8.00. The molecule has 0 aliphatic rings. The lowest BCUT2D eigenvalue weighted by Crippen LogP contribution is -2.31. The van der Waals surface area contributed by atoms with Crippen molar-refractivity contribution in [1.82, 2.24) is 0 Å². The van der Waals surface area contributed by atoms with Gasteiger partial charge in [0.1, 0.15) is 20.6 Å². The molecule has 0 radical (unpaired) electrons. The van der Waals surface area contributed by atoms with Crippen LogP contribution in [-0.2, 0) is 5.75 Å². The van der Waals surface area contributed by atoms with Crippen LogP contribution in [0, 0.1) is 12.7 Å². The average Bonchev–Trinajstić information content (AvgIpc) is 3.09. The Balaban J connectivity index is 1.75. The van der Waals surface area contributed by atoms with Gasteiger partial charge in [0.15, 0.2) is 12.4 Å². The summed E-state index contributed by atoms with van der Waals surface area (Å²) in [5, 5.41) is 0. The van der Waals surface area contributed by atoms with E-state index in [9.17, 15) is 9.18 Å². The normalized spacial score (nSPS) is 10.9. The lowest BCUT2D eigenvalue weighted by molar-refractivity contribution is -0.597. The second-order valence-corrected chi connectivity index (χ2v) is 9.14. The molecular formula is C24H20FN2OS2+. The first-order valence-electron chi connectivity index (χ1n) is 9.40. The molecule has 0 amide bonds. The van der Waals surface area contributed by atoms with Crippen molar-refractivity contribution in [2.24, 2.45) is 0 Å². The van der Waals surface area contributed by atoms with Crippen molar-refractivity contribution in [3.8, 4) is 5.69 Å². The Hall–Kier alpha value is -2.96. The van der Waals surface area contributed by atoms with Gasteiger partial charge >= 0.3 is 0 Å². The Labute approximate surface area is 183 Å². The van der Waals surface area contributed by atoms with E-state index in [2.05, 4.69) is 0 Å². The van der Waals surface area contributed by atoms with E-state index in [0.29, 0.717) is 21.9 Å². The second kappa shape index (κ2) is 8.81. The fraction of sp³-hybridized carbons (Fsp3) is 0.0833. The highest BCUT2D eigenvalue weighted by Crippen LogP contribution is 2.40. The van der Waals surface area contributed by atoms with Gasteiger partial charge in [0.05, 0.1) is 0 Å². The molecule has 30 heavy (non-hydrogen) atoms. The van der Waals surface area contributed by atoms with Gasteiger partial charge in [-0.05, 0) is 30.7 Å². The predicted octanol–water partition coefficient (Wildman–Crippen LogP) is 5.58. The molecule has 4 aromatic rings. The van der Waals surface area contributed by atoms with E-state index in [-0.39, 0.29) is 11.6 Å². The summed E-state index contributed by atoms with van der Waals surface area (Å²) >= 11 is 3.00. The number of thiophene rings is 1. The van der Waals surface area contributed by atoms with Gasteiger partial charge in [-0.25, -0.2) is 4.39 Å². The lowest BCUT2D eigenvalue weighted by Gasteiger charge is -2.02. The van der Waals surface area contributed by atoms with Gasteiger partial charge in [0.25, 0.3) is 5.69 Å². The maximum absolute atomic E-state index is 13.2. The number of benzene rings is 2. The van der Waals surface area contributed by atoms with Crippen molar-refractivity contribution >= 4 is 34.6 Å². The Bertz CT molecular complexity index is 1190. The Morgan fingerprint density at radius 3 is 2.50 bits per heavy atom. The Morgan fingerprint density at radius 1 is 1.07 bits per heavy atom. The van der Waals surface area contributed by atoms with Crippen molar-refractivity contribution in [2.75, 3.05) is 5.73 Å². The van der Waals surface area contributed by atoms with E-state index in [0.717, 1.165) is 21.0 Å². The monoisotopic (exact) mass is 435 g/mol. The van der Waals surface area contributed by atoms with Gasteiger partial charge in [-0.15, -0.1) is 23.1 Å². The summed E-state index contributed by atoms with van der Waals surface area (Å²) in [6.45, 7) is 2.01. The van der Waals surface area contributed by atoms with Crippen molar-refractivity contribution in [3.05, 3.63) is 107 Å². The molecular weight excluding hydrogens is 415 g/mol. The van der Waals surface area contributed by atoms with E-state index in [1.54, 1.807) is 36.0 Å².